The minimum Gasteiger partial charge on any atom is -0.484 e. The van der Waals surface area contributed by atoms with Gasteiger partial charge in [0.25, 0.3) is 11.8 Å². The standard InChI is InChI=1S/C20H25N5O3/c21-14-6-7-18-23-17(12-25(18)10-14)20(27)22-15-8-9-24(11-15)19(26)13-28-16-4-2-1-3-5-16/h1-5,12,14-15H,6-11,13,21H2,(H,22,27). The molecule has 148 valence electrons. The lowest BCUT2D eigenvalue weighted by molar-refractivity contribution is -0.132. The molecular formula is C20H25N5O3. The van der Waals surface area contributed by atoms with E-state index in [-0.39, 0.29) is 30.5 Å². The smallest absolute Gasteiger partial charge is 0.271 e. The zero-order valence-corrected chi connectivity index (χ0v) is 15.7. The molecule has 28 heavy (non-hydrogen) atoms. The Labute approximate surface area is 163 Å². The maximum atomic E-state index is 12.5. The van der Waals surface area contributed by atoms with Crippen molar-refractivity contribution in [2.45, 2.75) is 37.9 Å². The van der Waals surface area contributed by atoms with Gasteiger partial charge in [0.2, 0.25) is 0 Å². The van der Waals surface area contributed by atoms with Gasteiger partial charge in [-0.25, -0.2) is 4.98 Å². The lowest BCUT2D eigenvalue weighted by Gasteiger charge is -2.19. The minimum absolute atomic E-state index is 0.00129. The maximum absolute atomic E-state index is 12.5. The van der Waals surface area contributed by atoms with Crippen molar-refractivity contribution in [1.29, 1.82) is 0 Å². The second-order valence-electron chi connectivity index (χ2n) is 7.39. The highest BCUT2D eigenvalue weighted by Crippen LogP contribution is 2.16. The molecule has 0 bridgehead atoms. The van der Waals surface area contributed by atoms with Gasteiger partial charge in [-0.05, 0) is 25.0 Å². The first-order valence-corrected chi connectivity index (χ1v) is 9.66. The van der Waals surface area contributed by atoms with E-state index in [0.29, 0.717) is 31.1 Å². The predicted octanol–water partition coefficient (Wildman–Crippen LogP) is 0.566. The van der Waals surface area contributed by atoms with Crippen LogP contribution in [0.2, 0.25) is 0 Å². The number of carbonyl (C=O) groups excluding carboxylic acids is 2. The van der Waals surface area contributed by atoms with Gasteiger partial charge in [-0.15, -0.1) is 0 Å². The minimum atomic E-state index is -0.199. The number of rotatable bonds is 5. The third-order valence-corrected chi connectivity index (χ3v) is 5.24. The van der Waals surface area contributed by atoms with Crippen molar-refractivity contribution in [1.82, 2.24) is 19.8 Å². The van der Waals surface area contributed by atoms with Gasteiger partial charge in [0, 0.05) is 44.3 Å². The fraction of sp³-hybridized carbons (Fsp3) is 0.450. The van der Waals surface area contributed by atoms with Gasteiger partial charge >= 0.3 is 0 Å². The number of nitrogens with one attached hydrogen (secondary N) is 1. The van der Waals surface area contributed by atoms with Crippen LogP contribution < -0.4 is 15.8 Å². The lowest BCUT2D eigenvalue weighted by atomic mass is 10.1. The highest BCUT2D eigenvalue weighted by Gasteiger charge is 2.29. The van der Waals surface area contributed by atoms with E-state index in [1.165, 1.54) is 0 Å². The molecule has 3 N–H and O–H groups in total. The van der Waals surface area contributed by atoms with Crippen LogP contribution in [0.5, 0.6) is 5.75 Å². The van der Waals surface area contributed by atoms with Crippen molar-refractivity contribution < 1.29 is 14.3 Å². The molecule has 8 heteroatoms. The summed E-state index contributed by atoms with van der Waals surface area (Å²) in [5, 5.41) is 2.99. The number of nitrogens with two attached hydrogens (primary N) is 1. The molecule has 1 aromatic heterocycles. The highest BCUT2D eigenvalue weighted by molar-refractivity contribution is 5.92. The number of benzene rings is 1. The second kappa shape index (κ2) is 8.02. The van der Waals surface area contributed by atoms with Crippen molar-refractivity contribution >= 4 is 11.8 Å². The van der Waals surface area contributed by atoms with Crippen molar-refractivity contribution in [2.75, 3.05) is 19.7 Å². The van der Waals surface area contributed by atoms with E-state index in [9.17, 15) is 9.59 Å². The van der Waals surface area contributed by atoms with Crippen LogP contribution in [0, 0.1) is 0 Å². The number of ether oxygens (including phenoxy) is 1. The Kier molecular flexibility index (Phi) is 5.29. The maximum Gasteiger partial charge on any atom is 0.271 e. The Hall–Kier alpha value is -2.87. The Morgan fingerprint density at radius 1 is 1.21 bits per heavy atom. The van der Waals surface area contributed by atoms with Crippen LogP contribution in [0.3, 0.4) is 0 Å². The molecule has 1 saturated heterocycles. The third kappa shape index (κ3) is 4.17. The van der Waals surface area contributed by atoms with Crippen LogP contribution in [0.25, 0.3) is 0 Å². The van der Waals surface area contributed by atoms with E-state index >= 15 is 0 Å². The summed E-state index contributed by atoms with van der Waals surface area (Å²) in [7, 11) is 0. The zero-order valence-electron chi connectivity index (χ0n) is 15.7. The topological polar surface area (TPSA) is 102 Å². The first-order valence-electron chi connectivity index (χ1n) is 9.66. The summed E-state index contributed by atoms with van der Waals surface area (Å²) in [4.78, 5) is 31.1. The van der Waals surface area contributed by atoms with E-state index in [0.717, 1.165) is 25.1 Å². The van der Waals surface area contributed by atoms with E-state index in [2.05, 4.69) is 10.3 Å². The number of likely N-dealkylation sites (tertiary alicyclic amines) is 1. The summed E-state index contributed by atoms with van der Waals surface area (Å²) in [5.41, 5.74) is 6.39. The summed E-state index contributed by atoms with van der Waals surface area (Å²) in [6.45, 7) is 1.79. The second-order valence-corrected chi connectivity index (χ2v) is 7.39. The Morgan fingerprint density at radius 3 is 2.86 bits per heavy atom. The van der Waals surface area contributed by atoms with E-state index in [1.54, 1.807) is 11.1 Å². The van der Waals surface area contributed by atoms with Gasteiger partial charge in [0.15, 0.2) is 6.61 Å². The average molecular weight is 383 g/mol. The number of amides is 2. The number of para-hydroxylation sites is 1. The summed E-state index contributed by atoms with van der Waals surface area (Å²) in [6.07, 6.45) is 4.18. The molecule has 2 unspecified atom stereocenters. The van der Waals surface area contributed by atoms with Crippen LogP contribution in [0.4, 0.5) is 0 Å². The van der Waals surface area contributed by atoms with E-state index < -0.39 is 0 Å². The van der Waals surface area contributed by atoms with Gasteiger partial charge in [-0.1, -0.05) is 18.2 Å². The summed E-state index contributed by atoms with van der Waals surface area (Å²) < 4.78 is 7.49. The van der Waals surface area contributed by atoms with Crippen molar-refractivity contribution in [3.63, 3.8) is 0 Å². The number of carbonyl (C=O) groups is 2. The number of imidazole rings is 1. The molecule has 0 aliphatic carbocycles. The molecule has 2 aliphatic heterocycles. The number of nitrogens with zero attached hydrogens (tertiary/aromatic N) is 3. The Morgan fingerprint density at radius 2 is 2.04 bits per heavy atom. The largest absolute Gasteiger partial charge is 0.484 e. The van der Waals surface area contributed by atoms with Crippen molar-refractivity contribution in [3.05, 3.63) is 48.0 Å². The van der Waals surface area contributed by atoms with E-state index in [4.69, 9.17) is 10.5 Å². The van der Waals surface area contributed by atoms with Crippen molar-refractivity contribution in [2.24, 2.45) is 5.73 Å². The van der Waals surface area contributed by atoms with Crippen LogP contribution in [-0.2, 0) is 17.8 Å². The number of hydrogen-bond acceptors (Lipinski definition) is 5. The number of fused-ring (bicyclic) bond motifs is 1. The molecule has 1 fully saturated rings. The first kappa shape index (κ1) is 18.5. The Balaban J connectivity index is 1.27. The SMILES string of the molecule is NC1CCc2nc(C(=O)NC3CCN(C(=O)COc4ccccc4)C3)cn2C1. The third-order valence-electron chi connectivity index (χ3n) is 5.24. The predicted molar refractivity (Wildman–Crippen MR) is 103 cm³/mol. The molecule has 0 spiro atoms. The molecule has 2 aromatic rings. The first-order chi connectivity index (χ1) is 13.6. The average Bonchev–Trinajstić information content (AvgIpc) is 3.33. The fourth-order valence-corrected chi connectivity index (χ4v) is 3.70. The lowest BCUT2D eigenvalue weighted by Crippen LogP contribution is -2.39. The van der Waals surface area contributed by atoms with Gasteiger partial charge in [0.05, 0.1) is 0 Å². The van der Waals surface area contributed by atoms with Gasteiger partial charge in [-0.3, -0.25) is 9.59 Å². The molecular weight excluding hydrogens is 358 g/mol. The molecule has 4 rings (SSSR count). The molecule has 2 atom stereocenters. The number of aryl methyl sites for hydroxylation is 1. The van der Waals surface area contributed by atoms with Crippen LogP contribution in [0.15, 0.2) is 36.5 Å². The Bertz CT molecular complexity index is 851. The van der Waals surface area contributed by atoms with Crippen molar-refractivity contribution in [3.8, 4) is 5.75 Å². The van der Waals surface area contributed by atoms with Crippen LogP contribution in [-0.4, -0.2) is 58.0 Å². The summed E-state index contributed by atoms with van der Waals surface area (Å²) >= 11 is 0. The normalized spacial score (nSPS) is 21.2. The van der Waals surface area contributed by atoms with Gasteiger partial charge < -0.3 is 25.3 Å². The number of hydrogen-bond donors (Lipinski definition) is 2. The van der Waals surface area contributed by atoms with Crippen LogP contribution >= 0.6 is 0 Å². The molecule has 8 nitrogen and oxygen atoms in total. The number of aromatic nitrogens is 2. The molecule has 1 aromatic carbocycles. The fourth-order valence-electron chi connectivity index (χ4n) is 3.70. The van der Waals surface area contributed by atoms with Gasteiger partial charge in [0.1, 0.15) is 17.3 Å². The highest BCUT2D eigenvalue weighted by atomic mass is 16.5. The molecule has 0 radical (unpaired) electrons. The molecule has 0 saturated carbocycles. The van der Waals surface area contributed by atoms with Gasteiger partial charge in [-0.2, -0.15) is 0 Å². The molecule has 2 aliphatic rings. The van der Waals surface area contributed by atoms with E-state index in [1.807, 2.05) is 34.9 Å². The zero-order chi connectivity index (χ0) is 19.5. The van der Waals surface area contributed by atoms with Crippen LogP contribution in [0.1, 0.15) is 29.2 Å². The monoisotopic (exact) mass is 383 g/mol. The molecule has 2 amide bonds. The quantitative estimate of drug-likeness (QED) is 0.786. The summed E-state index contributed by atoms with van der Waals surface area (Å²) in [5.74, 6) is 1.30. The molecule has 3 heterocycles. The summed E-state index contributed by atoms with van der Waals surface area (Å²) in [6, 6.07) is 9.30.